The van der Waals surface area contributed by atoms with E-state index in [1.54, 1.807) is 6.92 Å². The second-order valence-electron chi connectivity index (χ2n) is 3.60. The third-order valence-corrected chi connectivity index (χ3v) is 2.61. The number of carbonyl (C=O) groups is 1. The first-order chi connectivity index (χ1) is 8.04. The Morgan fingerprint density at radius 3 is 2.71 bits per heavy atom. The molecule has 1 aromatic carbocycles. The largest absolute Gasteiger partial charge is 0.477 e. The van der Waals surface area contributed by atoms with Crippen LogP contribution in [0.2, 0.25) is 0 Å². The van der Waals surface area contributed by atoms with Crippen LogP contribution in [0.4, 0.5) is 4.39 Å². The molecule has 1 aromatic heterocycles. The van der Waals surface area contributed by atoms with Crippen LogP contribution in [0.1, 0.15) is 17.4 Å². The van der Waals surface area contributed by atoms with E-state index in [1.165, 1.54) is 16.7 Å². The SMILES string of the molecule is CCn1c(C(=O)O)cc(=O)c2cc(F)ccc21. The molecule has 0 amide bonds. The molecule has 1 N–H and O–H groups in total. The molecule has 88 valence electrons. The molecule has 0 fully saturated rings. The van der Waals surface area contributed by atoms with Crippen molar-refractivity contribution in [2.75, 3.05) is 0 Å². The van der Waals surface area contributed by atoms with Crippen molar-refractivity contribution in [3.05, 3.63) is 46.0 Å². The molecule has 17 heavy (non-hydrogen) atoms. The molecular weight excluding hydrogens is 225 g/mol. The lowest BCUT2D eigenvalue weighted by atomic mass is 10.1. The van der Waals surface area contributed by atoms with Crippen molar-refractivity contribution in [1.29, 1.82) is 0 Å². The Bertz CT molecular complexity index is 661. The number of halogens is 1. The van der Waals surface area contributed by atoms with Crippen molar-refractivity contribution in [2.24, 2.45) is 0 Å². The summed E-state index contributed by atoms with van der Waals surface area (Å²) < 4.78 is 14.5. The van der Waals surface area contributed by atoms with E-state index in [-0.39, 0.29) is 11.1 Å². The van der Waals surface area contributed by atoms with Crippen molar-refractivity contribution < 1.29 is 14.3 Å². The molecule has 2 rings (SSSR count). The Morgan fingerprint density at radius 2 is 2.12 bits per heavy atom. The standard InChI is InChI=1S/C12H10FNO3/c1-2-14-9-4-3-7(13)5-8(9)11(15)6-10(14)12(16)17/h3-6H,2H2,1H3,(H,16,17). The summed E-state index contributed by atoms with van der Waals surface area (Å²) in [5.41, 5.74) is -0.142. The Morgan fingerprint density at radius 1 is 1.41 bits per heavy atom. The van der Waals surface area contributed by atoms with Crippen LogP contribution in [0.3, 0.4) is 0 Å². The third kappa shape index (κ3) is 1.80. The summed E-state index contributed by atoms with van der Waals surface area (Å²) in [6.07, 6.45) is 0. The van der Waals surface area contributed by atoms with Gasteiger partial charge in [0.2, 0.25) is 0 Å². The number of nitrogens with zero attached hydrogens (tertiary/aromatic N) is 1. The maximum Gasteiger partial charge on any atom is 0.352 e. The fraction of sp³-hybridized carbons (Fsp3) is 0.167. The number of aromatic carboxylic acids is 1. The lowest BCUT2D eigenvalue weighted by Crippen LogP contribution is -2.17. The quantitative estimate of drug-likeness (QED) is 0.864. The first-order valence-corrected chi connectivity index (χ1v) is 5.11. The summed E-state index contributed by atoms with van der Waals surface area (Å²) >= 11 is 0. The van der Waals surface area contributed by atoms with Gasteiger partial charge in [0, 0.05) is 18.0 Å². The molecule has 0 aliphatic rings. The van der Waals surface area contributed by atoms with Crippen LogP contribution < -0.4 is 5.43 Å². The highest BCUT2D eigenvalue weighted by Crippen LogP contribution is 2.14. The average molecular weight is 235 g/mol. The minimum Gasteiger partial charge on any atom is -0.477 e. The van der Waals surface area contributed by atoms with Gasteiger partial charge in [-0.15, -0.1) is 0 Å². The Kier molecular flexibility index (Phi) is 2.67. The van der Waals surface area contributed by atoms with Crippen molar-refractivity contribution in [1.82, 2.24) is 4.57 Å². The van der Waals surface area contributed by atoms with Crippen molar-refractivity contribution in [3.63, 3.8) is 0 Å². The molecular formula is C12H10FNO3. The Balaban J connectivity index is 2.96. The molecule has 2 aromatic rings. The van der Waals surface area contributed by atoms with Crippen molar-refractivity contribution in [3.8, 4) is 0 Å². The Hall–Kier alpha value is -2.17. The molecule has 0 aliphatic heterocycles. The molecule has 0 saturated carbocycles. The second-order valence-corrected chi connectivity index (χ2v) is 3.60. The number of carboxylic acid groups (broad SMARTS) is 1. The highest BCUT2D eigenvalue weighted by molar-refractivity contribution is 5.90. The number of benzene rings is 1. The first kappa shape index (κ1) is 11.3. The van der Waals surface area contributed by atoms with E-state index >= 15 is 0 Å². The van der Waals surface area contributed by atoms with Crippen LogP contribution in [0.25, 0.3) is 10.9 Å². The first-order valence-electron chi connectivity index (χ1n) is 5.11. The van der Waals surface area contributed by atoms with Crippen LogP contribution in [-0.2, 0) is 6.54 Å². The summed E-state index contributed by atoms with van der Waals surface area (Å²) in [7, 11) is 0. The number of pyridine rings is 1. The Labute approximate surface area is 95.9 Å². The number of fused-ring (bicyclic) bond motifs is 1. The van der Waals surface area contributed by atoms with Gasteiger partial charge in [0.1, 0.15) is 11.5 Å². The molecule has 0 bridgehead atoms. The van der Waals surface area contributed by atoms with Gasteiger partial charge in [-0.3, -0.25) is 4.79 Å². The smallest absolute Gasteiger partial charge is 0.352 e. The van der Waals surface area contributed by atoms with Crippen molar-refractivity contribution in [2.45, 2.75) is 13.5 Å². The summed E-state index contributed by atoms with van der Waals surface area (Å²) in [5.74, 6) is -1.68. The van der Waals surface area contributed by atoms with E-state index in [0.29, 0.717) is 12.1 Å². The zero-order chi connectivity index (χ0) is 12.6. The highest BCUT2D eigenvalue weighted by Gasteiger charge is 2.13. The van der Waals surface area contributed by atoms with Gasteiger partial charge in [0.25, 0.3) is 0 Å². The van der Waals surface area contributed by atoms with Crippen LogP contribution >= 0.6 is 0 Å². The zero-order valence-corrected chi connectivity index (χ0v) is 9.11. The lowest BCUT2D eigenvalue weighted by molar-refractivity contribution is 0.0685. The van der Waals surface area contributed by atoms with E-state index < -0.39 is 17.2 Å². The predicted octanol–water partition coefficient (Wildman–Crippen LogP) is 1.86. The summed E-state index contributed by atoms with van der Waals surface area (Å²) in [6, 6.07) is 4.77. The molecule has 0 spiro atoms. The maximum atomic E-state index is 13.0. The van der Waals surface area contributed by atoms with E-state index in [2.05, 4.69) is 0 Å². The number of hydrogen-bond acceptors (Lipinski definition) is 2. The van der Waals surface area contributed by atoms with E-state index in [1.807, 2.05) is 0 Å². The summed E-state index contributed by atoms with van der Waals surface area (Å²) in [6.45, 7) is 2.16. The number of rotatable bonds is 2. The minimum atomic E-state index is -1.17. The fourth-order valence-corrected chi connectivity index (χ4v) is 1.87. The van der Waals surface area contributed by atoms with Gasteiger partial charge in [0.05, 0.1) is 5.52 Å². The van der Waals surface area contributed by atoms with Gasteiger partial charge in [-0.2, -0.15) is 0 Å². The van der Waals surface area contributed by atoms with Gasteiger partial charge in [-0.05, 0) is 25.1 Å². The van der Waals surface area contributed by atoms with E-state index in [0.717, 1.165) is 12.1 Å². The average Bonchev–Trinajstić information content (AvgIpc) is 2.29. The monoisotopic (exact) mass is 235 g/mol. The number of hydrogen-bond donors (Lipinski definition) is 1. The normalized spacial score (nSPS) is 10.7. The number of carboxylic acids is 1. The van der Waals surface area contributed by atoms with Crippen LogP contribution in [0.15, 0.2) is 29.1 Å². The molecule has 0 saturated heterocycles. The van der Waals surface area contributed by atoms with Gasteiger partial charge < -0.3 is 9.67 Å². The lowest BCUT2D eigenvalue weighted by Gasteiger charge is -2.11. The second kappa shape index (κ2) is 4.01. The fourth-order valence-electron chi connectivity index (χ4n) is 1.87. The highest BCUT2D eigenvalue weighted by atomic mass is 19.1. The van der Waals surface area contributed by atoms with Crippen LogP contribution in [-0.4, -0.2) is 15.6 Å². The van der Waals surface area contributed by atoms with E-state index in [4.69, 9.17) is 5.11 Å². The number of aromatic nitrogens is 1. The molecule has 0 aliphatic carbocycles. The van der Waals surface area contributed by atoms with Crippen LogP contribution in [0, 0.1) is 5.82 Å². The van der Waals surface area contributed by atoms with Gasteiger partial charge >= 0.3 is 5.97 Å². The minimum absolute atomic E-state index is 0.0865. The van der Waals surface area contributed by atoms with Gasteiger partial charge in [0.15, 0.2) is 5.43 Å². The summed E-state index contributed by atoms with van der Waals surface area (Å²) in [5, 5.41) is 9.19. The zero-order valence-electron chi connectivity index (χ0n) is 9.11. The molecule has 0 atom stereocenters. The van der Waals surface area contributed by atoms with Gasteiger partial charge in [-0.25, -0.2) is 9.18 Å². The maximum absolute atomic E-state index is 13.0. The molecule has 4 nitrogen and oxygen atoms in total. The third-order valence-electron chi connectivity index (χ3n) is 2.61. The molecule has 1 heterocycles. The molecule has 0 unspecified atom stereocenters. The number of aryl methyl sites for hydroxylation is 1. The molecule has 5 heteroatoms. The van der Waals surface area contributed by atoms with E-state index in [9.17, 15) is 14.0 Å². The van der Waals surface area contributed by atoms with Crippen molar-refractivity contribution >= 4 is 16.9 Å². The summed E-state index contributed by atoms with van der Waals surface area (Å²) in [4.78, 5) is 22.7. The van der Waals surface area contributed by atoms with Crippen LogP contribution in [0.5, 0.6) is 0 Å². The topological polar surface area (TPSA) is 59.3 Å². The predicted molar refractivity (Wildman–Crippen MR) is 60.8 cm³/mol. The molecule has 0 radical (unpaired) electrons. The van der Waals surface area contributed by atoms with Gasteiger partial charge in [-0.1, -0.05) is 0 Å².